The van der Waals surface area contributed by atoms with E-state index < -0.39 is 0 Å². The first kappa shape index (κ1) is 17.0. The van der Waals surface area contributed by atoms with Gasteiger partial charge in [0.1, 0.15) is 10.3 Å². The van der Waals surface area contributed by atoms with Crippen molar-refractivity contribution in [2.75, 3.05) is 42.4 Å². The zero-order valence-electron chi connectivity index (χ0n) is 12.9. The smallest absolute Gasteiger partial charge is 0.302 e. The van der Waals surface area contributed by atoms with E-state index in [1.807, 2.05) is 4.90 Å². The van der Waals surface area contributed by atoms with Crippen molar-refractivity contribution < 1.29 is 19.1 Å². The van der Waals surface area contributed by atoms with E-state index in [-0.39, 0.29) is 37.0 Å². The summed E-state index contributed by atoms with van der Waals surface area (Å²) in [4.78, 5) is 30.9. The van der Waals surface area contributed by atoms with Gasteiger partial charge in [0.05, 0.1) is 19.9 Å². The molecular formula is C13H19N5O4S. The molecular weight excluding hydrogens is 322 g/mol. The van der Waals surface area contributed by atoms with E-state index in [1.165, 1.54) is 13.8 Å². The summed E-state index contributed by atoms with van der Waals surface area (Å²) >= 11 is 5.20. The summed E-state index contributed by atoms with van der Waals surface area (Å²) in [6.45, 7) is 3.90. The van der Waals surface area contributed by atoms with Gasteiger partial charge in [-0.3, -0.25) is 9.59 Å². The quantitative estimate of drug-likeness (QED) is 0.505. The highest BCUT2D eigenvalue weighted by Gasteiger charge is 2.26. The van der Waals surface area contributed by atoms with Crippen molar-refractivity contribution in [1.29, 1.82) is 0 Å². The lowest BCUT2D eigenvalue weighted by atomic mass is 10.1. The summed E-state index contributed by atoms with van der Waals surface area (Å²) in [5, 5.41) is 3.14. The molecule has 0 saturated heterocycles. The van der Waals surface area contributed by atoms with Crippen LogP contribution in [0.1, 0.15) is 13.8 Å². The number of hydrogen-bond donors (Lipinski definition) is 3. The number of fused-ring (bicyclic) bond motifs is 1. The normalized spacial score (nSPS) is 12.7. The van der Waals surface area contributed by atoms with Crippen LogP contribution < -0.4 is 16.0 Å². The standard InChI is InChI=1S/C13H19N5O4S/c1-7(19)21-4-9(5-22-8(2)20)3-18-6-15-10-11(18)16-13(14)17-12(10)23/h9,15H,3-6H2,1-2H3,(H3,14,16,17,23). The Balaban J connectivity index is 2.10. The Bertz CT molecular complexity index is 644. The third-order valence-corrected chi connectivity index (χ3v) is 3.49. The number of nitrogens with one attached hydrogen (secondary N) is 2. The molecule has 23 heavy (non-hydrogen) atoms. The zero-order chi connectivity index (χ0) is 17.0. The van der Waals surface area contributed by atoms with Crippen LogP contribution in [-0.4, -0.2) is 48.3 Å². The maximum atomic E-state index is 11.0. The van der Waals surface area contributed by atoms with Crippen LogP contribution in [0.15, 0.2) is 0 Å². The third-order valence-electron chi connectivity index (χ3n) is 3.19. The molecule has 0 amide bonds. The molecule has 2 heterocycles. The van der Waals surface area contributed by atoms with Gasteiger partial charge in [-0.15, -0.1) is 0 Å². The minimum absolute atomic E-state index is 0.142. The molecule has 0 unspecified atom stereocenters. The molecule has 1 aliphatic heterocycles. The minimum Gasteiger partial charge on any atom is -0.465 e. The molecule has 0 atom stereocenters. The Labute approximate surface area is 138 Å². The number of hydrogen-bond acceptors (Lipinski definition) is 9. The molecule has 1 aromatic rings. The van der Waals surface area contributed by atoms with Gasteiger partial charge < -0.3 is 30.4 Å². The van der Waals surface area contributed by atoms with Crippen LogP contribution in [0, 0.1) is 10.6 Å². The van der Waals surface area contributed by atoms with E-state index in [0.29, 0.717) is 29.4 Å². The number of nitrogens with zero attached hydrogens (tertiary/aromatic N) is 2. The molecule has 0 radical (unpaired) electrons. The van der Waals surface area contributed by atoms with Crippen LogP contribution in [0.25, 0.3) is 0 Å². The molecule has 0 saturated carbocycles. The Kier molecular flexibility index (Phi) is 5.37. The van der Waals surface area contributed by atoms with Crippen molar-refractivity contribution in [2.24, 2.45) is 5.92 Å². The first-order valence-corrected chi connectivity index (χ1v) is 7.43. The summed E-state index contributed by atoms with van der Waals surface area (Å²) in [7, 11) is 0. The number of aromatic amines is 1. The molecule has 1 aromatic heterocycles. The molecule has 0 spiro atoms. The fraction of sp³-hybridized carbons (Fsp3) is 0.538. The highest BCUT2D eigenvalue weighted by molar-refractivity contribution is 7.71. The lowest BCUT2D eigenvalue weighted by Crippen LogP contribution is -2.35. The van der Waals surface area contributed by atoms with Crippen LogP contribution in [-0.2, 0) is 19.1 Å². The minimum atomic E-state index is -0.386. The second-order valence-corrected chi connectivity index (χ2v) is 5.59. The van der Waals surface area contributed by atoms with Gasteiger partial charge in [0, 0.05) is 26.3 Å². The zero-order valence-corrected chi connectivity index (χ0v) is 13.7. The number of ether oxygens (including phenoxy) is 2. The van der Waals surface area contributed by atoms with Gasteiger partial charge >= 0.3 is 11.9 Å². The number of rotatable bonds is 6. The van der Waals surface area contributed by atoms with Crippen molar-refractivity contribution in [3.63, 3.8) is 0 Å². The summed E-state index contributed by atoms with van der Waals surface area (Å²) < 4.78 is 10.5. The van der Waals surface area contributed by atoms with Crippen molar-refractivity contribution in [2.45, 2.75) is 13.8 Å². The number of carbonyl (C=O) groups is 2. The van der Waals surface area contributed by atoms with Crippen molar-refractivity contribution in [1.82, 2.24) is 9.97 Å². The predicted molar refractivity (Wildman–Crippen MR) is 86.4 cm³/mol. The van der Waals surface area contributed by atoms with E-state index in [9.17, 15) is 9.59 Å². The van der Waals surface area contributed by atoms with Crippen LogP contribution in [0.2, 0.25) is 0 Å². The predicted octanol–water partition coefficient (Wildman–Crippen LogP) is 0.653. The Hall–Kier alpha value is -2.36. The Morgan fingerprint density at radius 1 is 1.35 bits per heavy atom. The molecule has 1 aliphatic rings. The van der Waals surface area contributed by atoms with Crippen LogP contribution in [0.4, 0.5) is 17.5 Å². The summed E-state index contributed by atoms with van der Waals surface area (Å²) in [5.74, 6) is -0.123. The van der Waals surface area contributed by atoms with E-state index in [4.69, 9.17) is 27.4 Å². The molecule has 2 rings (SSSR count). The SMILES string of the molecule is CC(=O)OCC(COC(C)=O)CN1CNc2c1nc(N)[nH]c2=S. The fourth-order valence-corrected chi connectivity index (χ4v) is 2.47. The molecule has 0 bridgehead atoms. The molecule has 126 valence electrons. The first-order valence-electron chi connectivity index (χ1n) is 7.02. The van der Waals surface area contributed by atoms with Crippen LogP contribution in [0.3, 0.4) is 0 Å². The van der Waals surface area contributed by atoms with Crippen LogP contribution in [0.5, 0.6) is 0 Å². The number of nitrogens with two attached hydrogens (primary N) is 1. The Morgan fingerprint density at radius 2 is 1.96 bits per heavy atom. The maximum Gasteiger partial charge on any atom is 0.302 e. The average molecular weight is 341 g/mol. The van der Waals surface area contributed by atoms with E-state index in [2.05, 4.69) is 15.3 Å². The number of carbonyl (C=O) groups excluding carboxylic acids is 2. The highest BCUT2D eigenvalue weighted by Crippen LogP contribution is 2.30. The molecule has 10 heteroatoms. The van der Waals surface area contributed by atoms with E-state index >= 15 is 0 Å². The lowest BCUT2D eigenvalue weighted by Gasteiger charge is -2.23. The van der Waals surface area contributed by atoms with Gasteiger partial charge in [0.2, 0.25) is 5.95 Å². The highest BCUT2D eigenvalue weighted by atomic mass is 32.1. The lowest BCUT2D eigenvalue weighted by molar-refractivity contribution is -0.145. The van der Waals surface area contributed by atoms with Crippen LogP contribution >= 0.6 is 12.2 Å². The number of H-pyrrole nitrogens is 1. The second-order valence-electron chi connectivity index (χ2n) is 5.18. The van der Waals surface area contributed by atoms with Crippen molar-refractivity contribution in [3.05, 3.63) is 4.64 Å². The number of aromatic nitrogens is 2. The first-order chi connectivity index (χ1) is 10.9. The maximum absolute atomic E-state index is 11.0. The average Bonchev–Trinajstić information content (AvgIpc) is 2.84. The monoisotopic (exact) mass is 341 g/mol. The Morgan fingerprint density at radius 3 is 2.52 bits per heavy atom. The fourth-order valence-electron chi connectivity index (χ4n) is 2.20. The van der Waals surface area contributed by atoms with E-state index in [0.717, 1.165) is 0 Å². The van der Waals surface area contributed by atoms with Gasteiger partial charge in [0.15, 0.2) is 5.82 Å². The molecule has 9 nitrogen and oxygen atoms in total. The second kappa shape index (κ2) is 7.27. The molecule has 0 aliphatic carbocycles. The van der Waals surface area contributed by atoms with Gasteiger partial charge in [-0.1, -0.05) is 12.2 Å². The van der Waals surface area contributed by atoms with Gasteiger partial charge in [-0.25, -0.2) is 0 Å². The topological polar surface area (TPSA) is 123 Å². The van der Waals surface area contributed by atoms with Gasteiger partial charge in [-0.05, 0) is 0 Å². The molecule has 0 aromatic carbocycles. The number of anilines is 3. The molecule has 4 N–H and O–H groups in total. The number of nitrogen functional groups attached to an aromatic ring is 1. The van der Waals surface area contributed by atoms with Gasteiger partial charge in [0.25, 0.3) is 0 Å². The van der Waals surface area contributed by atoms with Crippen molar-refractivity contribution in [3.8, 4) is 0 Å². The van der Waals surface area contributed by atoms with E-state index in [1.54, 1.807) is 0 Å². The van der Waals surface area contributed by atoms with Gasteiger partial charge in [-0.2, -0.15) is 4.98 Å². The van der Waals surface area contributed by atoms with Crippen molar-refractivity contribution >= 4 is 41.6 Å². The summed E-state index contributed by atoms with van der Waals surface area (Å²) in [6.07, 6.45) is 0. The molecule has 0 fully saturated rings. The largest absolute Gasteiger partial charge is 0.465 e. The summed E-state index contributed by atoms with van der Waals surface area (Å²) in [6, 6.07) is 0. The number of esters is 2. The summed E-state index contributed by atoms with van der Waals surface area (Å²) in [5.41, 5.74) is 6.40. The third kappa shape index (κ3) is 4.55.